The van der Waals surface area contributed by atoms with Crippen LogP contribution >= 0.6 is 0 Å². The zero-order valence-corrected chi connectivity index (χ0v) is 17.9. The van der Waals surface area contributed by atoms with E-state index in [0.717, 1.165) is 43.0 Å². The van der Waals surface area contributed by atoms with Gasteiger partial charge in [-0.2, -0.15) is 5.10 Å². The molecule has 0 aliphatic heterocycles. The van der Waals surface area contributed by atoms with E-state index < -0.39 is 11.9 Å². The number of pyridine rings is 1. The Hall–Kier alpha value is -3.95. The van der Waals surface area contributed by atoms with Crippen molar-refractivity contribution in [2.75, 3.05) is 0 Å². The topological polar surface area (TPSA) is 128 Å². The van der Waals surface area contributed by atoms with Crippen LogP contribution in [0, 0.1) is 6.92 Å². The van der Waals surface area contributed by atoms with Gasteiger partial charge in [0.25, 0.3) is 11.9 Å². The summed E-state index contributed by atoms with van der Waals surface area (Å²) in [5.41, 5.74) is 4.35. The normalized spacial score (nSPS) is 10.1. The number of nitrogens with zero attached hydrogens (tertiary/aromatic N) is 6. The number of aliphatic carboxylic acids is 2. The van der Waals surface area contributed by atoms with Gasteiger partial charge in [0.1, 0.15) is 5.82 Å². The Morgan fingerprint density at radius 2 is 1.77 bits per heavy atom. The molecule has 10 nitrogen and oxygen atoms in total. The molecule has 0 saturated carbocycles. The van der Waals surface area contributed by atoms with Crippen LogP contribution in [0.1, 0.15) is 32.0 Å². The Balaban J connectivity index is 0.000000370. The van der Waals surface area contributed by atoms with E-state index >= 15 is 0 Å². The summed E-state index contributed by atoms with van der Waals surface area (Å²) in [4.78, 5) is 27.0. The average molecular weight is 426 g/mol. The first-order chi connectivity index (χ1) is 14.7. The molecule has 4 rings (SSSR count). The summed E-state index contributed by atoms with van der Waals surface area (Å²) < 4.78 is 6.09. The van der Waals surface area contributed by atoms with Gasteiger partial charge in [0.05, 0.1) is 35.8 Å². The van der Waals surface area contributed by atoms with Crippen molar-refractivity contribution in [3.63, 3.8) is 0 Å². The summed E-state index contributed by atoms with van der Waals surface area (Å²) in [6.07, 6.45) is 11.6. The van der Waals surface area contributed by atoms with Crippen molar-refractivity contribution in [3.8, 4) is 11.4 Å². The lowest BCUT2D eigenvalue weighted by atomic mass is 10.1. The van der Waals surface area contributed by atoms with Crippen molar-refractivity contribution < 1.29 is 19.8 Å². The van der Waals surface area contributed by atoms with Crippen LogP contribution in [0.25, 0.3) is 16.9 Å². The number of carbonyl (C=O) groups is 2. The van der Waals surface area contributed by atoms with Crippen molar-refractivity contribution in [3.05, 3.63) is 60.7 Å². The lowest BCUT2D eigenvalue weighted by Crippen LogP contribution is -2.01. The predicted molar refractivity (Wildman–Crippen MR) is 115 cm³/mol. The summed E-state index contributed by atoms with van der Waals surface area (Å²) in [6, 6.07) is 4.10. The third-order valence-corrected chi connectivity index (χ3v) is 4.08. The molecule has 4 heterocycles. The van der Waals surface area contributed by atoms with Crippen LogP contribution < -0.4 is 0 Å². The van der Waals surface area contributed by atoms with Crippen LogP contribution in [-0.2, 0) is 22.7 Å². The molecule has 4 aromatic heterocycles. The molecular weight excluding hydrogens is 400 g/mol. The zero-order valence-electron chi connectivity index (χ0n) is 17.9. The van der Waals surface area contributed by atoms with Gasteiger partial charge in [-0.3, -0.25) is 9.59 Å². The fourth-order valence-electron chi connectivity index (χ4n) is 2.90. The van der Waals surface area contributed by atoms with Crippen molar-refractivity contribution in [1.82, 2.24) is 28.7 Å². The largest absolute Gasteiger partial charge is 0.481 e. The summed E-state index contributed by atoms with van der Waals surface area (Å²) in [5.74, 6) is -0.750. The number of hydrogen-bond acceptors (Lipinski definition) is 5. The van der Waals surface area contributed by atoms with Gasteiger partial charge in [-0.15, -0.1) is 0 Å². The maximum atomic E-state index is 9.00. The number of imidazole rings is 2. The minimum absolute atomic E-state index is 0.700. The number of fused-ring (bicyclic) bond motifs is 1. The van der Waals surface area contributed by atoms with Crippen LogP contribution in [0.15, 0.2) is 49.4 Å². The Morgan fingerprint density at radius 3 is 2.39 bits per heavy atom. The van der Waals surface area contributed by atoms with Crippen molar-refractivity contribution in [2.24, 2.45) is 0 Å². The molecule has 0 aromatic carbocycles. The minimum Gasteiger partial charge on any atom is -0.481 e. The molecule has 0 saturated heterocycles. The van der Waals surface area contributed by atoms with Crippen LogP contribution in [0.4, 0.5) is 0 Å². The first kappa shape index (κ1) is 23.3. The van der Waals surface area contributed by atoms with Crippen LogP contribution in [-0.4, -0.2) is 50.9 Å². The van der Waals surface area contributed by atoms with Crippen LogP contribution in [0.2, 0.25) is 0 Å². The first-order valence-electron chi connectivity index (χ1n) is 9.57. The van der Waals surface area contributed by atoms with Crippen LogP contribution in [0.5, 0.6) is 0 Å². The number of aryl methyl sites for hydroxylation is 2. The Labute approximate surface area is 179 Å². The third-order valence-electron chi connectivity index (χ3n) is 4.08. The molecule has 0 aliphatic rings. The smallest absolute Gasteiger partial charge is 0.300 e. The fraction of sp³-hybridized carbons (Fsp3) is 0.286. The Morgan fingerprint density at radius 1 is 1.10 bits per heavy atom. The highest BCUT2D eigenvalue weighted by Crippen LogP contribution is 2.25. The standard InChI is InChI=1S/C17H18N6.2C2H4O2/c1-3-21-10-14(19-12-21)11-22-8-6-18-17(22)15-9-20-23-7-4-5-13(2)16(15)23;2*1-2(3)4/h4-10,12H,3,11H2,1-2H3;2*1H3,(H,3,4). The summed E-state index contributed by atoms with van der Waals surface area (Å²) >= 11 is 0. The number of hydrogen-bond donors (Lipinski definition) is 2. The van der Waals surface area contributed by atoms with Crippen molar-refractivity contribution in [2.45, 2.75) is 40.8 Å². The molecule has 0 radical (unpaired) electrons. The number of carboxylic acids is 2. The maximum absolute atomic E-state index is 9.00. The molecule has 0 fully saturated rings. The van der Waals surface area contributed by atoms with E-state index in [1.165, 1.54) is 5.56 Å². The van der Waals surface area contributed by atoms with E-state index in [0.29, 0.717) is 6.54 Å². The van der Waals surface area contributed by atoms with Crippen molar-refractivity contribution >= 4 is 17.5 Å². The quantitative estimate of drug-likeness (QED) is 0.513. The van der Waals surface area contributed by atoms with Gasteiger partial charge in [-0.1, -0.05) is 6.07 Å². The predicted octanol–water partition coefficient (Wildman–Crippen LogP) is 2.95. The molecule has 0 spiro atoms. The molecule has 2 N–H and O–H groups in total. The molecule has 0 unspecified atom stereocenters. The van der Waals surface area contributed by atoms with E-state index in [1.54, 1.807) is 0 Å². The monoisotopic (exact) mass is 426 g/mol. The SMILES string of the molecule is CC(=O)O.CC(=O)O.CCn1cnc(Cn2ccnc2-c2cnn3cccc(C)c23)c1. The molecule has 164 valence electrons. The second-order valence-electron chi connectivity index (χ2n) is 6.65. The molecule has 31 heavy (non-hydrogen) atoms. The van der Waals surface area contributed by atoms with Gasteiger partial charge >= 0.3 is 0 Å². The lowest BCUT2D eigenvalue weighted by molar-refractivity contribution is -0.135. The number of carboxylic acid groups (broad SMARTS) is 2. The molecule has 0 amide bonds. The molecule has 0 aliphatic carbocycles. The second kappa shape index (κ2) is 10.7. The van der Waals surface area contributed by atoms with Gasteiger partial charge in [0.15, 0.2) is 0 Å². The lowest BCUT2D eigenvalue weighted by Gasteiger charge is -2.06. The number of aromatic nitrogens is 6. The molecule has 0 bridgehead atoms. The fourth-order valence-corrected chi connectivity index (χ4v) is 2.90. The van der Waals surface area contributed by atoms with E-state index in [4.69, 9.17) is 19.8 Å². The van der Waals surface area contributed by atoms with Crippen LogP contribution in [0.3, 0.4) is 0 Å². The highest BCUT2D eigenvalue weighted by atomic mass is 16.4. The Bertz CT molecular complexity index is 1140. The van der Waals surface area contributed by atoms with E-state index in [-0.39, 0.29) is 0 Å². The highest BCUT2D eigenvalue weighted by Gasteiger charge is 2.14. The van der Waals surface area contributed by atoms with Gasteiger partial charge in [-0.05, 0) is 25.5 Å². The summed E-state index contributed by atoms with van der Waals surface area (Å²) in [7, 11) is 0. The van der Waals surface area contributed by atoms with Gasteiger partial charge in [0, 0.05) is 45.2 Å². The first-order valence-corrected chi connectivity index (χ1v) is 9.57. The molecular formula is C21H26N6O4. The average Bonchev–Trinajstić information content (AvgIpc) is 3.40. The van der Waals surface area contributed by atoms with Gasteiger partial charge in [0.2, 0.25) is 0 Å². The molecule has 0 atom stereocenters. The van der Waals surface area contributed by atoms with Gasteiger partial charge < -0.3 is 19.3 Å². The van der Waals surface area contributed by atoms with E-state index in [2.05, 4.69) is 50.3 Å². The van der Waals surface area contributed by atoms with Crippen molar-refractivity contribution in [1.29, 1.82) is 0 Å². The van der Waals surface area contributed by atoms with E-state index in [1.807, 2.05) is 41.7 Å². The zero-order chi connectivity index (χ0) is 23.0. The molecule has 4 aromatic rings. The number of rotatable bonds is 4. The van der Waals surface area contributed by atoms with E-state index in [9.17, 15) is 0 Å². The maximum Gasteiger partial charge on any atom is 0.300 e. The molecule has 10 heteroatoms. The Kier molecular flexibility index (Phi) is 8.07. The van der Waals surface area contributed by atoms with Gasteiger partial charge in [-0.25, -0.2) is 14.5 Å². The minimum atomic E-state index is -0.833. The highest BCUT2D eigenvalue weighted by molar-refractivity contribution is 5.78. The second-order valence-corrected chi connectivity index (χ2v) is 6.65. The summed E-state index contributed by atoms with van der Waals surface area (Å²) in [5, 5.41) is 19.3. The third kappa shape index (κ3) is 6.53. The summed E-state index contributed by atoms with van der Waals surface area (Å²) in [6.45, 7) is 8.00.